The van der Waals surface area contributed by atoms with E-state index in [0.29, 0.717) is 16.8 Å². The van der Waals surface area contributed by atoms with E-state index in [1.165, 1.54) is 36.8 Å². The van der Waals surface area contributed by atoms with Crippen molar-refractivity contribution >= 4 is 75.5 Å². The van der Waals surface area contributed by atoms with E-state index in [9.17, 15) is 42.7 Å². The number of nitrogens with zero attached hydrogens (tertiary/aromatic N) is 2. The first-order valence-electron chi connectivity index (χ1n) is 15.2. The number of halogens is 3. The fourth-order valence-electron chi connectivity index (χ4n) is 6.07. The lowest BCUT2D eigenvalue weighted by Crippen LogP contribution is -2.27. The van der Waals surface area contributed by atoms with E-state index < -0.39 is 60.5 Å². The molecule has 0 spiro atoms. The number of hydrogen-bond acceptors (Lipinski definition) is 8. The quantitative estimate of drug-likeness (QED) is 0.207. The first kappa shape index (κ1) is 34.4. The Bertz CT molecular complexity index is 3190. The molecular weight excluding hydrogens is 811 g/mol. The van der Waals surface area contributed by atoms with Gasteiger partial charge in [0.2, 0.25) is 21.7 Å². The molecule has 260 valence electrons. The van der Waals surface area contributed by atoms with E-state index in [0.717, 1.165) is 13.6 Å². The molecule has 4 heterocycles. The van der Waals surface area contributed by atoms with Gasteiger partial charge in [0.25, 0.3) is 22.2 Å². The lowest BCUT2D eigenvalue weighted by atomic mass is 10.1. The first-order chi connectivity index (χ1) is 24.8. The highest BCUT2D eigenvalue weighted by Crippen LogP contribution is 2.17. The monoisotopic (exact) mass is 830 g/mol. The molecule has 0 bridgehead atoms. The molecule has 0 aliphatic rings. The summed E-state index contributed by atoms with van der Waals surface area (Å²) < 4.78 is 16.1. The number of fused-ring (bicyclic) bond motifs is 4. The summed E-state index contributed by atoms with van der Waals surface area (Å²) in [5.41, 5.74) is -4.26. The fourth-order valence-corrected chi connectivity index (χ4v) is 6.94. The van der Waals surface area contributed by atoms with Crippen LogP contribution >= 0.6 is 31.9 Å². The zero-order valence-corrected chi connectivity index (χ0v) is 29.7. The molecule has 0 aliphatic heterocycles. The van der Waals surface area contributed by atoms with Crippen LogP contribution in [0.1, 0.15) is 16.8 Å². The average molecular weight is 832 g/mol. The van der Waals surface area contributed by atoms with E-state index in [2.05, 4.69) is 51.8 Å². The zero-order chi connectivity index (χ0) is 37.2. The molecule has 0 unspecified atom stereocenters. The van der Waals surface area contributed by atoms with E-state index in [1.807, 2.05) is 6.07 Å². The number of aryl methyl sites for hydroxylation is 1. The Morgan fingerprint density at radius 3 is 1.54 bits per heavy atom. The van der Waals surface area contributed by atoms with Crippen LogP contribution in [0.5, 0.6) is 0 Å². The molecule has 0 aliphatic carbocycles. The third-order valence-electron chi connectivity index (χ3n) is 8.50. The summed E-state index contributed by atoms with van der Waals surface area (Å²) in [6, 6.07) is 11.1. The number of benzene rings is 4. The van der Waals surface area contributed by atoms with E-state index in [4.69, 9.17) is 0 Å². The molecule has 0 radical (unpaired) electrons. The Hall–Kier alpha value is -6.07. The topological polar surface area (TPSA) is 210 Å². The summed E-state index contributed by atoms with van der Waals surface area (Å²) in [5, 5.41) is -1.61. The molecule has 4 aromatic carbocycles. The van der Waals surface area contributed by atoms with Gasteiger partial charge >= 0.3 is 0 Å². The number of H-pyrrole nitrogens is 4. The van der Waals surface area contributed by atoms with Crippen LogP contribution in [0.15, 0.2) is 108 Å². The van der Waals surface area contributed by atoms with Crippen molar-refractivity contribution < 1.29 is 4.39 Å². The summed E-state index contributed by atoms with van der Waals surface area (Å²) >= 11 is 6.37. The van der Waals surface area contributed by atoms with Crippen molar-refractivity contribution in [2.45, 2.75) is 20.0 Å². The normalized spacial score (nSPS) is 11.5. The van der Waals surface area contributed by atoms with Gasteiger partial charge in [0.05, 0.1) is 17.6 Å². The van der Waals surface area contributed by atoms with Crippen LogP contribution in [0.25, 0.3) is 43.6 Å². The molecular formula is C35H21Br2FN6O8. The maximum Gasteiger partial charge on any atom is 0.266 e. The predicted octanol–water partition coefficient (Wildman–Crippen LogP) is 2.73. The highest BCUT2D eigenvalue weighted by molar-refractivity contribution is 9.10. The molecule has 0 amide bonds. The number of aromatic amines is 4. The van der Waals surface area contributed by atoms with Crippen LogP contribution in [0.4, 0.5) is 4.39 Å². The third kappa shape index (κ3) is 5.54. The number of hydrogen-bond donors (Lipinski definition) is 4. The number of nitrogens with one attached hydrogen (secondary N) is 4. The van der Waals surface area contributed by atoms with Gasteiger partial charge in [-0.1, -0.05) is 34.1 Å². The number of rotatable bonds is 4. The van der Waals surface area contributed by atoms with Gasteiger partial charge in [0, 0.05) is 28.8 Å². The van der Waals surface area contributed by atoms with E-state index >= 15 is 0 Å². The summed E-state index contributed by atoms with van der Waals surface area (Å²) in [5.74, 6) is -0.489. The van der Waals surface area contributed by atoms with E-state index in [-0.39, 0.29) is 50.4 Å². The van der Waals surface area contributed by atoms with Gasteiger partial charge < -0.3 is 19.9 Å². The van der Waals surface area contributed by atoms with Crippen molar-refractivity contribution in [3.05, 3.63) is 175 Å². The summed E-state index contributed by atoms with van der Waals surface area (Å²) in [7, 11) is 0. The summed E-state index contributed by atoms with van der Waals surface area (Å²) in [4.78, 5) is 112. The van der Waals surface area contributed by atoms with Crippen molar-refractivity contribution in [2.75, 3.05) is 0 Å². The van der Waals surface area contributed by atoms with Crippen molar-refractivity contribution in [2.24, 2.45) is 0 Å². The second kappa shape index (κ2) is 12.9. The minimum Gasteiger partial charge on any atom is -0.355 e. The van der Waals surface area contributed by atoms with Crippen molar-refractivity contribution in [3.63, 3.8) is 0 Å². The minimum atomic E-state index is -0.841. The van der Waals surface area contributed by atoms with Crippen molar-refractivity contribution in [3.8, 4) is 0 Å². The van der Waals surface area contributed by atoms with Gasteiger partial charge in [-0.05, 0) is 58.2 Å². The smallest absolute Gasteiger partial charge is 0.266 e. The molecule has 4 aromatic heterocycles. The zero-order valence-electron chi connectivity index (χ0n) is 26.5. The Morgan fingerprint density at radius 2 is 1.06 bits per heavy atom. The average Bonchev–Trinajstić information content (AvgIpc) is 3.52. The first-order valence-corrected chi connectivity index (χ1v) is 16.8. The van der Waals surface area contributed by atoms with Crippen LogP contribution in [0.3, 0.4) is 0 Å². The largest absolute Gasteiger partial charge is 0.355 e. The molecule has 0 saturated heterocycles. The van der Waals surface area contributed by atoms with Crippen LogP contribution in [0, 0.1) is 12.7 Å². The molecule has 17 heteroatoms. The van der Waals surface area contributed by atoms with Crippen LogP contribution in [-0.2, 0) is 13.1 Å². The molecule has 14 nitrogen and oxygen atoms in total. The Kier molecular flexibility index (Phi) is 8.54. The molecule has 52 heavy (non-hydrogen) atoms. The van der Waals surface area contributed by atoms with Crippen LogP contribution in [-0.4, -0.2) is 29.1 Å². The van der Waals surface area contributed by atoms with E-state index in [1.54, 1.807) is 25.1 Å². The lowest BCUT2D eigenvalue weighted by molar-refractivity contribution is 0.619. The Morgan fingerprint density at radius 1 is 0.596 bits per heavy atom. The minimum absolute atomic E-state index is 0.000736. The lowest BCUT2D eigenvalue weighted by Gasteiger charge is -2.02. The predicted molar refractivity (Wildman–Crippen MR) is 200 cm³/mol. The second-order valence-corrected chi connectivity index (χ2v) is 13.6. The van der Waals surface area contributed by atoms with Gasteiger partial charge in [0.1, 0.15) is 49.4 Å². The maximum absolute atomic E-state index is 13.4. The summed E-state index contributed by atoms with van der Waals surface area (Å²) in [6.45, 7) is 1.50. The summed E-state index contributed by atoms with van der Waals surface area (Å²) in [6.07, 6.45) is 4.34. The standard InChI is InChI=1S/C18H12BrN3O4.C17H9BrFN3O4/c1-8-6-20-13-14(21-8)16(24)12-11(15(13)23)17(25)22(18(12)26)7-9-3-2-4-10(19)5-9;18-8-5-7(1-2-9(8)19)6-22-16(25)10-11(17(22)26)15(24)13-12(14(10)23)20-3-4-21-13/h2-6,20-21H,7H2,1H3;1-5,20-21H,6H2. The SMILES string of the molecule is Cc1c[nH]c2c(=O)c3c(=O)n(Cc4cccc(Br)c4)c(=O)c3c(=O)c2[nH]1.O=c1c2[nH]cc[nH]c2c(=O)c2c(=O)n(Cc3ccc(F)c(Br)c3)c(=O)c12. The highest BCUT2D eigenvalue weighted by Gasteiger charge is 2.24. The van der Waals surface area contributed by atoms with Crippen molar-refractivity contribution in [1.82, 2.24) is 29.1 Å². The van der Waals surface area contributed by atoms with Crippen LogP contribution in [0.2, 0.25) is 0 Å². The molecule has 0 saturated carbocycles. The Labute approximate surface area is 302 Å². The molecule has 0 atom stereocenters. The number of aromatic nitrogens is 6. The second-order valence-electron chi connectivity index (χ2n) is 11.8. The Balaban J connectivity index is 0.000000162. The molecule has 8 aromatic rings. The molecule has 0 fully saturated rings. The van der Waals surface area contributed by atoms with Gasteiger partial charge in [-0.25, -0.2) is 4.39 Å². The highest BCUT2D eigenvalue weighted by atomic mass is 79.9. The molecule has 8 rings (SSSR count). The van der Waals surface area contributed by atoms with Gasteiger partial charge in [-0.15, -0.1) is 0 Å². The van der Waals surface area contributed by atoms with Crippen LogP contribution < -0.4 is 44.0 Å². The van der Waals surface area contributed by atoms with Crippen molar-refractivity contribution in [1.29, 1.82) is 0 Å². The maximum atomic E-state index is 13.4. The third-order valence-corrected chi connectivity index (χ3v) is 9.60. The van der Waals surface area contributed by atoms with Gasteiger partial charge in [-0.2, -0.15) is 0 Å². The molecule has 4 N–H and O–H groups in total. The van der Waals surface area contributed by atoms with Gasteiger partial charge in [-0.3, -0.25) is 47.5 Å². The fraction of sp³-hybridized carbons (Fsp3) is 0.0857. The van der Waals surface area contributed by atoms with Gasteiger partial charge in [0.15, 0.2) is 0 Å².